The fourth-order valence-corrected chi connectivity index (χ4v) is 1.81. The first-order chi connectivity index (χ1) is 7.76. The van der Waals surface area contributed by atoms with Crippen LogP contribution in [0.4, 0.5) is 0 Å². The van der Waals surface area contributed by atoms with Gasteiger partial charge in [0, 0.05) is 11.6 Å². The molecule has 1 heterocycles. The number of hydrogen-bond donors (Lipinski definition) is 1. The summed E-state index contributed by atoms with van der Waals surface area (Å²) in [5.41, 5.74) is 1.60. The second-order valence-corrected chi connectivity index (χ2v) is 3.76. The molecule has 0 fully saturated rings. The number of rotatable bonds is 3. The molecule has 1 atom stereocenters. The zero-order chi connectivity index (χ0) is 11.5. The van der Waals surface area contributed by atoms with Crippen LogP contribution >= 0.6 is 11.6 Å². The van der Waals surface area contributed by atoms with E-state index in [2.05, 4.69) is 4.98 Å². The molecule has 1 N–H and O–H groups in total. The molecule has 0 radical (unpaired) electrons. The first-order valence-corrected chi connectivity index (χ1v) is 5.46. The molecular weight excluding hydrogens is 226 g/mol. The maximum absolute atomic E-state index is 9.79. The van der Waals surface area contributed by atoms with E-state index in [4.69, 9.17) is 16.3 Å². The van der Waals surface area contributed by atoms with E-state index in [0.29, 0.717) is 0 Å². The van der Waals surface area contributed by atoms with Gasteiger partial charge in [-0.15, -0.1) is 11.6 Å². The van der Waals surface area contributed by atoms with Crippen LogP contribution in [0.15, 0.2) is 30.5 Å². The summed E-state index contributed by atoms with van der Waals surface area (Å²) in [5.74, 6) is 0.902. The molecule has 16 heavy (non-hydrogen) atoms. The van der Waals surface area contributed by atoms with E-state index >= 15 is 0 Å². The number of alkyl halides is 1. The number of fused-ring (bicyclic) bond motifs is 1. The summed E-state index contributed by atoms with van der Waals surface area (Å²) < 4.78 is 5.15. The Kier molecular flexibility index (Phi) is 3.27. The summed E-state index contributed by atoms with van der Waals surface area (Å²) in [5, 5.41) is 10.7. The lowest BCUT2D eigenvalue weighted by Crippen LogP contribution is -2.00. The van der Waals surface area contributed by atoms with Crippen molar-refractivity contribution in [3.63, 3.8) is 0 Å². The lowest BCUT2D eigenvalue weighted by molar-refractivity contribution is 0.204. The first-order valence-electron chi connectivity index (χ1n) is 4.93. The van der Waals surface area contributed by atoms with Gasteiger partial charge in [0.05, 0.1) is 24.6 Å². The summed E-state index contributed by atoms with van der Waals surface area (Å²) in [4.78, 5) is 4.22. The van der Waals surface area contributed by atoms with E-state index in [1.807, 2.05) is 18.2 Å². The molecule has 84 valence electrons. The molecule has 2 rings (SSSR count). The number of aromatic nitrogens is 1. The monoisotopic (exact) mass is 237 g/mol. The van der Waals surface area contributed by atoms with Gasteiger partial charge in [0.1, 0.15) is 5.75 Å². The Morgan fingerprint density at radius 1 is 1.44 bits per heavy atom. The zero-order valence-corrected chi connectivity index (χ0v) is 9.61. The smallest absolute Gasteiger partial charge is 0.119 e. The van der Waals surface area contributed by atoms with E-state index in [1.54, 1.807) is 19.4 Å². The number of aliphatic hydroxyl groups is 1. The van der Waals surface area contributed by atoms with Crippen LogP contribution < -0.4 is 4.74 Å². The Morgan fingerprint density at radius 3 is 2.94 bits per heavy atom. The summed E-state index contributed by atoms with van der Waals surface area (Å²) in [7, 11) is 1.61. The van der Waals surface area contributed by atoms with E-state index < -0.39 is 6.10 Å². The molecule has 1 aromatic heterocycles. The molecule has 4 heteroatoms. The van der Waals surface area contributed by atoms with Gasteiger partial charge in [0.15, 0.2) is 0 Å². The number of pyridine rings is 1. The van der Waals surface area contributed by atoms with E-state index in [1.165, 1.54) is 0 Å². The van der Waals surface area contributed by atoms with Crippen molar-refractivity contribution >= 4 is 22.5 Å². The highest BCUT2D eigenvalue weighted by atomic mass is 35.5. The van der Waals surface area contributed by atoms with Gasteiger partial charge in [-0.1, -0.05) is 0 Å². The molecule has 0 amide bonds. The maximum Gasteiger partial charge on any atom is 0.119 e. The Hall–Kier alpha value is -1.32. The number of aliphatic hydroxyl groups excluding tert-OH is 1. The number of methoxy groups -OCH3 is 1. The van der Waals surface area contributed by atoms with Gasteiger partial charge in [-0.05, 0) is 29.8 Å². The van der Waals surface area contributed by atoms with Crippen molar-refractivity contribution in [3.05, 3.63) is 36.0 Å². The van der Waals surface area contributed by atoms with Crippen LogP contribution in [-0.4, -0.2) is 23.1 Å². The quantitative estimate of drug-likeness (QED) is 0.835. The van der Waals surface area contributed by atoms with Gasteiger partial charge in [-0.25, -0.2) is 0 Å². The van der Waals surface area contributed by atoms with Gasteiger partial charge in [-0.2, -0.15) is 0 Å². The number of ether oxygens (including phenoxy) is 1. The summed E-state index contributed by atoms with van der Waals surface area (Å²) >= 11 is 5.66. The largest absolute Gasteiger partial charge is 0.497 e. The predicted octanol–water partition coefficient (Wildman–Crippen LogP) is 2.52. The first kappa shape index (κ1) is 11.2. The van der Waals surface area contributed by atoms with Gasteiger partial charge in [-0.3, -0.25) is 4.98 Å². The Balaban J connectivity index is 2.64. The molecule has 1 unspecified atom stereocenters. The minimum atomic E-state index is -0.681. The van der Waals surface area contributed by atoms with Crippen LogP contribution in [0.3, 0.4) is 0 Å². The molecular formula is C12H12ClNO2. The summed E-state index contributed by atoms with van der Waals surface area (Å²) in [6.45, 7) is 0. The highest BCUT2D eigenvalue weighted by Gasteiger charge is 2.11. The maximum atomic E-state index is 9.79. The van der Waals surface area contributed by atoms with Crippen LogP contribution in [0, 0.1) is 0 Å². The standard InChI is InChI=1S/C12H12ClNO2/c1-16-8-2-3-11-10(6-8)9(4-5-14-11)12(15)7-13/h2-6,12,15H,7H2,1H3. The van der Waals surface area contributed by atoms with Crippen molar-refractivity contribution in [1.82, 2.24) is 4.98 Å². The average Bonchev–Trinajstić information content (AvgIpc) is 2.36. The topological polar surface area (TPSA) is 42.4 Å². The lowest BCUT2D eigenvalue weighted by atomic mass is 10.1. The summed E-state index contributed by atoms with van der Waals surface area (Å²) in [6.07, 6.45) is 0.985. The molecule has 0 aliphatic heterocycles. The predicted molar refractivity (Wildman–Crippen MR) is 64.0 cm³/mol. The molecule has 2 aromatic rings. The van der Waals surface area contributed by atoms with Gasteiger partial charge >= 0.3 is 0 Å². The molecule has 0 saturated carbocycles. The van der Waals surface area contributed by atoms with Crippen molar-refractivity contribution in [1.29, 1.82) is 0 Å². The third-order valence-corrected chi connectivity index (χ3v) is 2.78. The number of hydrogen-bond acceptors (Lipinski definition) is 3. The molecule has 0 aliphatic carbocycles. The third-order valence-electron chi connectivity index (χ3n) is 2.49. The number of halogens is 1. The normalized spacial score (nSPS) is 12.7. The van der Waals surface area contributed by atoms with Gasteiger partial charge < -0.3 is 9.84 Å². The van der Waals surface area contributed by atoms with Crippen LogP contribution in [0.5, 0.6) is 5.75 Å². The average molecular weight is 238 g/mol. The number of benzene rings is 1. The van der Waals surface area contributed by atoms with Crippen LogP contribution in [0.1, 0.15) is 11.7 Å². The van der Waals surface area contributed by atoms with Crippen molar-refractivity contribution < 1.29 is 9.84 Å². The minimum absolute atomic E-state index is 0.163. The SMILES string of the molecule is COc1ccc2nccc(C(O)CCl)c2c1. The second kappa shape index (κ2) is 4.68. The highest BCUT2D eigenvalue weighted by Crippen LogP contribution is 2.26. The molecule has 1 aromatic carbocycles. The van der Waals surface area contributed by atoms with E-state index in [-0.39, 0.29) is 5.88 Å². The lowest BCUT2D eigenvalue weighted by Gasteiger charge is -2.11. The van der Waals surface area contributed by atoms with E-state index in [0.717, 1.165) is 22.2 Å². The second-order valence-electron chi connectivity index (χ2n) is 3.45. The number of nitrogens with zero attached hydrogens (tertiary/aromatic N) is 1. The molecule has 0 spiro atoms. The highest BCUT2D eigenvalue weighted by molar-refractivity contribution is 6.18. The van der Waals surface area contributed by atoms with Crippen molar-refractivity contribution in [3.8, 4) is 5.75 Å². The summed E-state index contributed by atoms with van der Waals surface area (Å²) in [6, 6.07) is 7.33. The van der Waals surface area contributed by atoms with Crippen molar-refractivity contribution in [2.24, 2.45) is 0 Å². The molecule has 0 aliphatic rings. The van der Waals surface area contributed by atoms with Crippen LogP contribution in [0.2, 0.25) is 0 Å². The fourth-order valence-electron chi connectivity index (χ4n) is 1.65. The van der Waals surface area contributed by atoms with Crippen LogP contribution in [0.25, 0.3) is 10.9 Å². The van der Waals surface area contributed by atoms with Gasteiger partial charge in [0.25, 0.3) is 0 Å². The van der Waals surface area contributed by atoms with E-state index in [9.17, 15) is 5.11 Å². The fraction of sp³-hybridized carbons (Fsp3) is 0.250. The van der Waals surface area contributed by atoms with Crippen molar-refractivity contribution in [2.75, 3.05) is 13.0 Å². The zero-order valence-electron chi connectivity index (χ0n) is 8.85. The molecule has 0 bridgehead atoms. The Labute approximate surface area is 98.6 Å². The van der Waals surface area contributed by atoms with Crippen molar-refractivity contribution in [2.45, 2.75) is 6.10 Å². The van der Waals surface area contributed by atoms with Crippen LogP contribution in [-0.2, 0) is 0 Å². The Morgan fingerprint density at radius 2 is 2.25 bits per heavy atom. The minimum Gasteiger partial charge on any atom is -0.497 e. The Bertz CT molecular complexity index is 501. The van der Waals surface area contributed by atoms with Gasteiger partial charge in [0.2, 0.25) is 0 Å². The molecule has 3 nitrogen and oxygen atoms in total. The third kappa shape index (κ3) is 1.96. The molecule has 0 saturated heterocycles.